The predicted molar refractivity (Wildman–Crippen MR) is 118 cm³/mol. The molecule has 10 heteroatoms. The summed E-state index contributed by atoms with van der Waals surface area (Å²) in [6.45, 7) is 8.55. The Morgan fingerprint density at radius 2 is 1.75 bits per heavy atom. The van der Waals surface area contributed by atoms with Gasteiger partial charge in [0, 0.05) is 50.4 Å². The molecule has 1 saturated heterocycles. The summed E-state index contributed by atoms with van der Waals surface area (Å²) in [7, 11) is 2.92. The molecule has 0 N–H and O–H groups in total. The van der Waals surface area contributed by atoms with E-state index in [9.17, 15) is 9.59 Å². The monoisotopic (exact) mass is 446 g/mol. The third-order valence-corrected chi connectivity index (χ3v) is 4.93. The molecule has 1 aliphatic heterocycles. The first-order valence-electron chi connectivity index (χ1n) is 10.5. The van der Waals surface area contributed by atoms with E-state index in [0.717, 1.165) is 11.1 Å². The van der Waals surface area contributed by atoms with Gasteiger partial charge < -0.3 is 28.7 Å². The van der Waals surface area contributed by atoms with Gasteiger partial charge in [-0.1, -0.05) is 0 Å². The Labute approximate surface area is 187 Å². The summed E-state index contributed by atoms with van der Waals surface area (Å²) in [6, 6.07) is 5.31. The van der Waals surface area contributed by atoms with Gasteiger partial charge in [0.25, 0.3) is 0 Å². The molecule has 10 nitrogen and oxygen atoms in total. The third-order valence-electron chi connectivity index (χ3n) is 4.93. The van der Waals surface area contributed by atoms with Gasteiger partial charge in [-0.15, -0.1) is 10.2 Å². The van der Waals surface area contributed by atoms with Crippen LogP contribution in [0.1, 0.15) is 31.1 Å². The zero-order valence-electron chi connectivity index (χ0n) is 19.2. The number of carbonyl (C=O) groups is 2. The molecular weight excluding hydrogens is 416 g/mol. The van der Waals surface area contributed by atoms with Gasteiger partial charge in [0.2, 0.25) is 5.88 Å². The highest BCUT2D eigenvalue weighted by Crippen LogP contribution is 2.31. The van der Waals surface area contributed by atoms with Gasteiger partial charge in [-0.2, -0.15) is 0 Å². The van der Waals surface area contributed by atoms with Gasteiger partial charge in [0.1, 0.15) is 17.7 Å². The number of amides is 1. The fraction of sp³-hybridized carbons (Fsp3) is 0.545. The highest BCUT2D eigenvalue weighted by Gasteiger charge is 2.27. The first-order valence-corrected chi connectivity index (χ1v) is 10.5. The van der Waals surface area contributed by atoms with Crippen LogP contribution in [0.25, 0.3) is 10.9 Å². The normalized spacial score (nSPS) is 14.4. The van der Waals surface area contributed by atoms with Crippen LogP contribution >= 0.6 is 0 Å². The van der Waals surface area contributed by atoms with E-state index in [0.29, 0.717) is 56.4 Å². The zero-order chi connectivity index (χ0) is 23.3. The number of ether oxygens (including phenoxy) is 4. The number of hydrogen-bond donors (Lipinski definition) is 0. The largest absolute Gasteiger partial charge is 0.474 e. The van der Waals surface area contributed by atoms with E-state index >= 15 is 0 Å². The van der Waals surface area contributed by atoms with Crippen molar-refractivity contribution in [1.29, 1.82) is 0 Å². The Hall–Kier alpha value is -3.14. The highest BCUT2D eigenvalue weighted by molar-refractivity contribution is 6.06. The van der Waals surface area contributed by atoms with E-state index in [4.69, 9.17) is 18.9 Å². The van der Waals surface area contributed by atoms with Crippen molar-refractivity contribution in [1.82, 2.24) is 15.1 Å². The number of anilines is 1. The second-order valence-corrected chi connectivity index (χ2v) is 8.36. The van der Waals surface area contributed by atoms with Crippen LogP contribution in [0.3, 0.4) is 0 Å². The molecule has 3 rings (SSSR count). The van der Waals surface area contributed by atoms with Gasteiger partial charge in [0.05, 0.1) is 19.3 Å². The number of fused-ring (bicyclic) bond motifs is 1. The fourth-order valence-electron chi connectivity index (χ4n) is 3.41. The number of hydrogen-bond acceptors (Lipinski definition) is 9. The Balaban J connectivity index is 1.86. The zero-order valence-corrected chi connectivity index (χ0v) is 19.2. The minimum absolute atomic E-state index is 0.317. The molecule has 1 aromatic heterocycles. The van der Waals surface area contributed by atoms with Gasteiger partial charge in [-0.25, -0.2) is 9.59 Å². The summed E-state index contributed by atoms with van der Waals surface area (Å²) in [6.07, 6.45) is -0.317. The van der Waals surface area contributed by atoms with E-state index in [1.165, 1.54) is 7.11 Å². The van der Waals surface area contributed by atoms with Crippen LogP contribution in [0.2, 0.25) is 0 Å². The average molecular weight is 447 g/mol. The molecule has 0 aliphatic carbocycles. The van der Waals surface area contributed by atoms with Gasteiger partial charge in [-0.3, -0.25) is 0 Å². The van der Waals surface area contributed by atoms with Crippen molar-refractivity contribution in [2.75, 3.05) is 58.5 Å². The molecule has 0 spiro atoms. The van der Waals surface area contributed by atoms with E-state index in [1.54, 1.807) is 24.1 Å². The predicted octanol–water partition coefficient (Wildman–Crippen LogP) is 2.50. The SMILES string of the molecule is COCCOc1cc2c(N3CCN(C(=O)OC(C)(C)C)CC3)ccc(C(=O)OC)c2nn1. The lowest BCUT2D eigenvalue weighted by Crippen LogP contribution is -2.50. The number of carbonyl (C=O) groups excluding carboxylic acids is 2. The number of rotatable bonds is 6. The van der Waals surface area contributed by atoms with E-state index in [1.807, 2.05) is 26.8 Å². The first-order chi connectivity index (χ1) is 15.2. The Bertz CT molecular complexity index is 967. The number of piperazine rings is 1. The van der Waals surface area contributed by atoms with Crippen LogP contribution in [0.5, 0.6) is 5.88 Å². The van der Waals surface area contributed by atoms with Crippen molar-refractivity contribution in [2.24, 2.45) is 0 Å². The molecule has 32 heavy (non-hydrogen) atoms. The van der Waals surface area contributed by atoms with Crippen molar-refractivity contribution in [3.05, 3.63) is 23.8 Å². The van der Waals surface area contributed by atoms with E-state index in [2.05, 4.69) is 15.1 Å². The van der Waals surface area contributed by atoms with Crippen molar-refractivity contribution in [3.63, 3.8) is 0 Å². The van der Waals surface area contributed by atoms with E-state index < -0.39 is 11.6 Å². The fourth-order valence-corrected chi connectivity index (χ4v) is 3.41. The average Bonchev–Trinajstić information content (AvgIpc) is 2.77. The maximum absolute atomic E-state index is 12.4. The minimum atomic E-state index is -0.536. The molecule has 2 aromatic rings. The molecule has 174 valence electrons. The van der Waals surface area contributed by atoms with Crippen molar-refractivity contribution in [2.45, 2.75) is 26.4 Å². The van der Waals surface area contributed by atoms with Crippen LogP contribution < -0.4 is 9.64 Å². The lowest BCUT2D eigenvalue weighted by molar-refractivity contribution is 0.0240. The first kappa shape index (κ1) is 23.5. The summed E-state index contributed by atoms with van der Waals surface area (Å²) in [5, 5.41) is 9.05. The summed E-state index contributed by atoms with van der Waals surface area (Å²) in [4.78, 5) is 28.5. The summed E-state index contributed by atoms with van der Waals surface area (Å²) >= 11 is 0. The quantitative estimate of drug-likeness (QED) is 0.489. The van der Waals surface area contributed by atoms with Crippen LogP contribution in [0.15, 0.2) is 18.2 Å². The molecular formula is C22H30N4O6. The lowest BCUT2D eigenvalue weighted by Gasteiger charge is -2.37. The molecule has 0 radical (unpaired) electrons. The Kier molecular flexibility index (Phi) is 7.34. The molecule has 1 aliphatic rings. The van der Waals surface area contributed by atoms with Gasteiger partial charge >= 0.3 is 12.1 Å². The molecule has 1 fully saturated rings. The molecule has 1 amide bonds. The standard InChI is InChI=1S/C22H30N4O6/c1-22(2,3)32-21(28)26-10-8-25(9-11-26)17-7-6-15(20(27)30-5)19-16(17)14-18(23-24-19)31-13-12-29-4/h6-7,14H,8-13H2,1-5H3. The second-order valence-electron chi connectivity index (χ2n) is 8.36. The number of aromatic nitrogens is 2. The lowest BCUT2D eigenvalue weighted by atomic mass is 10.1. The summed E-state index contributed by atoms with van der Waals surface area (Å²) in [5.74, 6) is -0.149. The van der Waals surface area contributed by atoms with Crippen molar-refractivity contribution >= 4 is 28.7 Å². The van der Waals surface area contributed by atoms with Crippen molar-refractivity contribution in [3.8, 4) is 5.88 Å². The smallest absolute Gasteiger partial charge is 0.410 e. The second kappa shape index (κ2) is 9.99. The van der Waals surface area contributed by atoms with Gasteiger partial charge in [-0.05, 0) is 32.9 Å². The van der Waals surface area contributed by atoms with Crippen LogP contribution in [-0.2, 0) is 14.2 Å². The van der Waals surface area contributed by atoms with Crippen molar-refractivity contribution < 1.29 is 28.5 Å². The van der Waals surface area contributed by atoms with Crippen LogP contribution in [0.4, 0.5) is 10.5 Å². The maximum Gasteiger partial charge on any atom is 0.410 e. The maximum atomic E-state index is 12.4. The van der Waals surface area contributed by atoms with E-state index in [-0.39, 0.29) is 6.09 Å². The Morgan fingerprint density at radius 1 is 1.03 bits per heavy atom. The number of benzene rings is 1. The number of esters is 1. The molecule has 0 atom stereocenters. The molecule has 0 bridgehead atoms. The molecule has 1 aromatic carbocycles. The molecule has 0 unspecified atom stereocenters. The number of methoxy groups -OCH3 is 2. The topological polar surface area (TPSA) is 103 Å². The highest BCUT2D eigenvalue weighted by atomic mass is 16.6. The summed E-state index contributed by atoms with van der Waals surface area (Å²) in [5.41, 5.74) is 1.10. The molecule has 0 saturated carbocycles. The Morgan fingerprint density at radius 3 is 2.38 bits per heavy atom. The van der Waals surface area contributed by atoms with Crippen LogP contribution in [0, 0.1) is 0 Å². The summed E-state index contributed by atoms with van der Waals surface area (Å²) < 4.78 is 21.0. The molecule has 2 heterocycles. The third kappa shape index (κ3) is 5.56. The van der Waals surface area contributed by atoms with Crippen LogP contribution in [-0.4, -0.2) is 86.4 Å². The minimum Gasteiger partial charge on any atom is -0.474 e. The number of nitrogens with zero attached hydrogens (tertiary/aromatic N) is 4. The van der Waals surface area contributed by atoms with Gasteiger partial charge in [0.15, 0.2) is 0 Å².